The molecule has 1 aliphatic heterocycles. The number of amides is 1. The molecule has 0 aliphatic carbocycles. The van der Waals surface area contributed by atoms with Gasteiger partial charge in [-0.25, -0.2) is 14.8 Å². The third-order valence-electron chi connectivity index (χ3n) is 8.37. The molecule has 0 aromatic carbocycles. The fraction of sp³-hybridized carbons (Fsp3) is 0.686. The molecule has 1 amide bonds. The highest BCUT2D eigenvalue weighted by molar-refractivity contribution is 5.90. The molecule has 10 heteroatoms. The Balaban J connectivity index is 1.22. The predicted octanol–water partition coefficient (Wildman–Crippen LogP) is 8.08. The number of hydrogen-bond acceptors (Lipinski definition) is 7. The summed E-state index contributed by atoms with van der Waals surface area (Å²) in [5.74, 6) is 0. The molecule has 0 bridgehead atoms. The van der Waals surface area contributed by atoms with Crippen molar-refractivity contribution in [1.29, 1.82) is 5.26 Å². The lowest BCUT2D eigenvalue weighted by atomic mass is 9.87. The number of ether oxygens (including phenoxy) is 2. The first-order valence-corrected chi connectivity index (χ1v) is 16.7. The van der Waals surface area contributed by atoms with Crippen LogP contribution in [0.1, 0.15) is 112 Å². The van der Waals surface area contributed by atoms with Gasteiger partial charge in [0.25, 0.3) is 0 Å². The molecular weight excluding hydrogens is 566 g/mol. The van der Waals surface area contributed by atoms with E-state index in [2.05, 4.69) is 41.9 Å². The fourth-order valence-electron chi connectivity index (χ4n) is 5.91. The molecule has 0 N–H and O–H groups in total. The highest BCUT2D eigenvalue weighted by atomic mass is 16.6. The number of carbonyl (C=O) groups is 1. The molecule has 0 spiro atoms. The van der Waals surface area contributed by atoms with Crippen molar-refractivity contribution in [2.75, 3.05) is 19.7 Å². The van der Waals surface area contributed by atoms with E-state index >= 15 is 0 Å². The number of rotatable bonds is 16. The van der Waals surface area contributed by atoms with E-state index in [0.29, 0.717) is 25.2 Å². The van der Waals surface area contributed by atoms with Crippen LogP contribution in [0.2, 0.25) is 0 Å². The molecule has 0 atom stereocenters. The number of unbranched alkanes of at least 4 members (excludes halogenated alkanes) is 8. The minimum Gasteiger partial charge on any atom is -0.444 e. The van der Waals surface area contributed by atoms with Gasteiger partial charge in [-0.15, -0.1) is 0 Å². The molecule has 0 saturated carbocycles. The van der Waals surface area contributed by atoms with Gasteiger partial charge < -0.3 is 18.9 Å². The van der Waals surface area contributed by atoms with Gasteiger partial charge in [0.1, 0.15) is 29.8 Å². The summed E-state index contributed by atoms with van der Waals surface area (Å²) in [6, 6.07) is 4.28. The minimum absolute atomic E-state index is 0.234. The van der Waals surface area contributed by atoms with E-state index < -0.39 is 11.1 Å². The van der Waals surface area contributed by atoms with E-state index in [-0.39, 0.29) is 12.5 Å². The number of carbonyl (C=O) groups excluding carboxylic acids is 1. The van der Waals surface area contributed by atoms with Gasteiger partial charge >= 0.3 is 6.09 Å². The molecular formula is C35H53N7O3. The molecule has 3 aromatic heterocycles. The monoisotopic (exact) mass is 619 g/mol. The average Bonchev–Trinajstić information content (AvgIpc) is 3.59. The molecule has 45 heavy (non-hydrogen) atoms. The maximum Gasteiger partial charge on any atom is 0.410 e. The third kappa shape index (κ3) is 9.77. The van der Waals surface area contributed by atoms with Gasteiger partial charge in [-0.05, 0) is 45.1 Å². The Labute approximate surface area is 269 Å². The first-order chi connectivity index (χ1) is 21.4. The zero-order chi connectivity index (χ0) is 32.5. The number of hydrogen-bond donors (Lipinski definition) is 0. The van der Waals surface area contributed by atoms with Gasteiger partial charge in [-0.3, -0.25) is 4.68 Å². The van der Waals surface area contributed by atoms with Gasteiger partial charge in [0.2, 0.25) is 0 Å². The quantitative estimate of drug-likeness (QED) is 0.149. The van der Waals surface area contributed by atoms with Gasteiger partial charge in [-0.1, -0.05) is 72.1 Å². The fourth-order valence-corrected chi connectivity index (χ4v) is 5.91. The molecule has 1 aliphatic rings. The van der Waals surface area contributed by atoms with Gasteiger partial charge in [0.05, 0.1) is 37.5 Å². The number of likely N-dealkylation sites (tertiary alicyclic amines) is 1. The molecule has 4 rings (SSSR count). The first kappa shape index (κ1) is 34.4. The predicted molar refractivity (Wildman–Crippen MR) is 176 cm³/mol. The van der Waals surface area contributed by atoms with E-state index in [1.807, 2.05) is 43.8 Å². The summed E-state index contributed by atoms with van der Waals surface area (Å²) in [6.45, 7) is 14.4. The van der Waals surface area contributed by atoms with Crippen LogP contribution in [0.4, 0.5) is 4.79 Å². The Bertz CT molecular complexity index is 1420. The zero-order valence-electron chi connectivity index (χ0n) is 28.3. The lowest BCUT2D eigenvalue weighted by Gasteiger charge is -2.48. The van der Waals surface area contributed by atoms with E-state index in [1.54, 1.807) is 22.1 Å². The zero-order valence-corrected chi connectivity index (χ0v) is 28.3. The Kier molecular flexibility index (Phi) is 11.6. The number of nitrogens with zero attached hydrogens (tertiary/aromatic N) is 7. The molecule has 10 nitrogen and oxygen atoms in total. The largest absolute Gasteiger partial charge is 0.444 e. The van der Waals surface area contributed by atoms with Crippen LogP contribution in [0.15, 0.2) is 31.0 Å². The van der Waals surface area contributed by atoms with Crippen molar-refractivity contribution >= 4 is 17.1 Å². The molecule has 4 heterocycles. The summed E-state index contributed by atoms with van der Waals surface area (Å²) in [7, 11) is 0. The first-order valence-electron chi connectivity index (χ1n) is 16.7. The van der Waals surface area contributed by atoms with Crippen molar-refractivity contribution in [3.63, 3.8) is 0 Å². The van der Waals surface area contributed by atoms with Crippen LogP contribution in [0.3, 0.4) is 0 Å². The lowest BCUT2D eigenvalue weighted by molar-refractivity contribution is -0.0314. The van der Waals surface area contributed by atoms with Crippen LogP contribution >= 0.6 is 0 Å². The highest BCUT2D eigenvalue weighted by Gasteiger charge is 2.48. The Morgan fingerprint density at radius 3 is 2.29 bits per heavy atom. The van der Waals surface area contributed by atoms with Crippen LogP contribution < -0.4 is 0 Å². The number of nitriles is 1. The van der Waals surface area contributed by atoms with Gasteiger partial charge in [0.15, 0.2) is 0 Å². The smallest absolute Gasteiger partial charge is 0.410 e. The summed E-state index contributed by atoms with van der Waals surface area (Å²) in [5.41, 5.74) is 1.71. The van der Waals surface area contributed by atoms with Crippen molar-refractivity contribution in [2.45, 2.75) is 130 Å². The number of fused-ring (bicyclic) bond motifs is 1. The van der Waals surface area contributed by atoms with E-state index in [9.17, 15) is 10.1 Å². The lowest BCUT2D eigenvalue weighted by Crippen LogP contribution is -2.64. The van der Waals surface area contributed by atoms with Crippen molar-refractivity contribution < 1.29 is 14.3 Å². The summed E-state index contributed by atoms with van der Waals surface area (Å²) in [6.07, 6.45) is 20.1. The van der Waals surface area contributed by atoms with Crippen molar-refractivity contribution in [3.05, 3.63) is 31.0 Å². The van der Waals surface area contributed by atoms with E-state index in [4.69, 9.17) is 9.47 Å². The van der Waals surface area contributed by atoms with Crippen LogP contribution in [0.5, 0.6) is 0 Å². The standard InChI is InChI=1S/C35H53N7O3/c1-33(2,3)17-14-12-10-8-7-9-11-13-15-21-44-27-40-20-16-29-30(37-26-38-31(29)40)28-22-39-42(23-28)35(18-19-36)24-41(25-35)32(43)45-34(4,5)6/h16,20,22-23,26H,7-15,17-18,21,24-25,27H2,1-6H3. The van der Waals surface area contributed by atoms with Crippen molar-refractivity contribution in [1.82, 2.24) is 29.2 Å². The Morgan fingerprint density at radius 2 is 1.64 bits per heavy atom. The van der Waals surface area contributed by atoms with Gasteiger partial charge in [-0.2, -0.15) is 10.4 Å². The second kappa shape index (κ2) is 15.2. The molecule has 3 aromatic rings. The summed E-state index contributed by atoms with van der Waals surface area (Å²) in [5, 5.41) is 15.1. The van der Waals surface area contributed by atoms with Crippen LogP contribution in [0.25, 0.3) is 22.3 Å². The van der Waals surface area contributed by atoms with Crippen LogP contribution in [-0.2, 0) is 21.7 Å². The SMILES string of the molecule is CC(C)(C)CCCCCCCCCCCOCn1ccc2c(-c3cnn(C4(CC#N)CN(C(=O)OC(C)(C)C)C4)c3)ncnc21. The molecule has 1 saturated heterocycles. The summed E-state index contributed by atoms with van der Waals surface area (Å²) < 4.78 is 15.3. The Morgan fingerprint density at radius 1 is 0.978 bits per heavy atom. The Hall–Kier alpha value is -3.45. The molecule has 0 unspecified atom stereocenters. The average molecular weight is 620 g/mol. The van der Waals surface area contributed by atoms with Gasteiger partial charge in [0, 0.05) is 30.0 Å². The van der Waals surface area contributed by atoms with E-state index in [0.717, 1.165) is 35.3 Å². The second-order valence-corrected chi connectivity index (χ2v) is 14.8. The maximum atomic E-state index is 12.5. The highest BCUT2D eigenvalue weighted by Crippen LogP contribution is 2.35. The summed E-state index contributed by atoms with van der Waals surface area (Å²) in [4.78, 5) is 23.2. The van der Waals surface area contributed by atoms with Crippen LogP contribution in [0, 0.1) is 16.7 Å². The van der Waals surface area contributed by atoms with Crippen LogP contribution in [-0.4, -0.2) is 60.6 Å². The third-order valence-corrected chi connectivity index (χ3v) is 8.37. The van der Waals surface area contributed by atoms with Crippen molar-refractivity contribution in [2.24, 2.45) is 5.41 Å². The minimum atomic E-state index is -0.596. The van der Waals surface area contributed by atoms with E-state index in [1.165, 1.54) is 57.8 Å². The molecule has 0 radical (unpaired) electrons. The normalized spacial score (nSPS) is 14.8. The second-order valence-electron chi connectivity index (χ2n) is 14.8. The maximum absolute atomic E-state index is 12.5. The molecule has 246 valence electrons. The summed E-state index contributed by atoms with van der Waals surface area (Å²) >= 11 is 0. The topological polar surface area (TPSA) is 111 Å². The van der Waals surface area contributed by atoms with Crippen molar-refractivity contribution in [3.8, 4) is 17.3 Å². The number of aromatic nitrogens is 5. The molecule has 1 fully saturated rings.